The van der Waals surface area contributed by atoms with Gasteiger partial charge in [-0.2, -0.15) is 0 Å². The third-order valence-electron chi connectivity index (χ3n) is 2.18. The second-order valence-electron chi connectivity index (χ2n) is 3.20. The van der Waals surface area contributed by atoms with E-state index in [1.54, 1.807) is 31.2 Å². The summed E-state index contributed by atoms with van der Waals surface area (Å²) in [6.45, 7) is 1.58. The van der Waals surface area contributed by atoms with E-state index in [4.69, 9.17) is 22.4 Å². The van der Waals surface area contributed by atoms with Gasteiger partial charge in [-0.05, 0) is 17.7 Å². The molecule has 0 heterocycles. The summed E-state index contributed by atoms with van der Waals surface area (Å²) < 4.78 is 0. The highest BCUT2D eigenvalue weighted by atomic mass is 35.5. The van der Waals surface area contributed by atoms with Gasteiger partial charge in [0.15, 0.2) is 0 Å². The van der Waals surface area contributed by atoms with Gasteiger partial charge in [0.25, 0.3) is 0 Å². The molecule has 4 heteroatoms. The summed E-state index contributed by atoms with van der Waals surface area (Å²) in [6, 6.07) is 6.39. The largest absolute Gasteiger partial charge is 0.481 e. The molecule has 1 aromatic rings. The first kappa shape index (κ1) is 11.0. The van der Waals surface area contributed by atoms with Crippen molar-refractivity contribution in [3.63, 3.8) is 0 Å². The maximum Gasteiger partial charge on any atom is 0.308 e. The molecule has 76 valence electrons. The van der Waals surface area contributed by atoms with Crippen molar-refractivity contribution in [3.8, 4) is 0 Å². The van der Waals surface area contributed by atoms with Crippen LogP contribution in [0, 0.1) is 5.92 Å². The van der Waals surface area contributed by atoms with Crippen LogP contribution < -0.4 is 5.73 Å². The Morgan fingerprint density at radius 3 is 2.36 bits per heavy atom. The minimum atomic E-state index is -0.896. The highest BCUT2D eigenvalue weighted by Crippen LogP contribution is 2.21. The summed E-state index contributed by atoms with van der Waals surface area (Å²) in [5.41, 5.74) is 6.55. The lowest BCUT2D eigenvalue weighted by Crippen LogP contribution is -2.25. The minimum absolute atomic E-state index is 0.496. The predicted molar refractivity (Wildman–Crippen MR) is 55.2 cm³/mol. The van der Waals surface area contributed by atoms with Crippen LogP contribution in [0.3, 0.4) is 0 Å². The van der Waals surface area contributed by atoms with E-state index in [0.29, 0.717) is 5.02 Å². The van der Waals surface area contributed by atoms with Gasteiger partial charge in [0.1, 0.15) is 0 Å². The molecule has 14 heavy (non-hydrogen) atoms. The molecule has 1 aromatic carbocycles. The zero-order chi connectivity index (χ0) is 10.7. The highest BCUT2D eigenvalue weighted by molar-refractivity contribution is 6.30. The molecule has 0 aromatic heterocycles. The molecule has 0 amide bonds. The number of carbonyl (C=O) groups is 1. The molecule has 0 aliphatic heterocycles. The molecule has 0 saturated heterocycles. The molecule has 0 radical (unpaired) electrons. The number of hydrogen-bond donors (Lipinski definition) is 2. The maximum atomic E-state index is 10.7. The molecule has 2 atom stereocenters. The summed E-state index contributed by atoms with van der Waals surface area (Å²) in [4.78, 5) is 10.7. The van der Waals surface area contributed by atoms with Gasteiger partial charge < -0.3 is 10.8 Å². The summed E-state index contributed by atoms with van der Waals surface area (Å²) in [5.74, 6) is -1.50. The Kier molecular flexibility index (Phi) is 3.49. The second kappa shape index (κ2) is 4.44. The van der Waals surface area contributed by atoms with Gasteiger partial charge >= 0.3 is 5.97 Å². The molecule has 0 spiro atoms. The fourth-order valence-electron chi connectivity index (χ4n) is 1.13. The molecule has 3 N–H and O–H groups in total. The lowest BCUT2D eigenvalue weighted by molar-refractivity contribution is -0.141. The first-order valence-corrected chi connectivity index (χ1v) is 4.64. The van der Waals surface area contributed by atoms with Crippen LogP contribution in [0.5, 0.6) is 0 Å². The number of nitrogens with two attached hydrogens (primary N) is 1. The van der Waals surface area contributed by atoms with E-state index in [-0.39, 0.29) is 0 Å². The summed E-state index contributed by atoms with van der Waals surface area (Å²) in [5, 5.41) is 9.38. The van der Waals surface area contributed by atoms with Crippen molar-refractivity contribution in [1.29, 1.82) is 0 Å². The Morgan fingerprint density at radius 1 is 1.43 bits per heavy atom. The molecule has 1 rings (SSSR count). The Labute approximate surface area is 87.5 Å². The maximum absolute atomic E-state index is 10.7. The van der Waals surface area contributed by atoms with Crippen molar-refractivity contribution in [2.45, 2.75) is 13.0 Å². The SMILES string of the molecule is C[C@@H](C(=O)O)[C@@H](N)c1ccc(Cl)cc1. The lowest BCUT2D eigenvalue weighted by Gasteiger charge is -2.16. The number of hydrogen-bond acceptors (Lipinski definition) is 2. The van der Waals surface area contributed by atoms with E-state index in [1.807, 2.05) is 0 Å². The topological polar surface area (TPSA) is 63.3 Å². The monoisotopic (exact) mass is 213 g/mol. The molecule has 0 bridgehead atoms. The molecule has 0 aliphatic carbocycles. The summed E-state index contributed by atoms with van der Waals surface area (Å²) in [6.07, 6.45) is 0. The van der Waals surface area contributed by atoms with Crippen molar-refractivity contribution in [2.75, 3.05) is 0 Å². The molecule has 0 saturated carbocycles. The van der Waals surface area contributed by atoms with Crippen molar-refractivity contribution in [1.82, 2.24) is 0 Å². The zero-order valence-corrected chi connectivity index (χ0v) is 8.53. The van der Waals surface area contributed by atoms with Gasteiger partial charge in [-0.15, -0.1) is 0 Å². The van der Waals surface area contributed by atoms with Gasteiger partial charge in [0, 0.05) is 11.1 Å². The Morgan fingerprint density at radius 2 is 1.93 bits per heavy atom. The number of carboxylic acid groups (broad SMARTS) is 1. The van der Waals surface area contributed by atoms with Gasteiger partial charge in [0.2, 0.25) is 0 Å². The van der Waals surface area contributed by atoms with E-state index in [1.165, 1.54) is 0 Å². The van der Waals surface area contributed by atoms with Crippen molar-refractivity contribution < 1.29 is 9.90 Å². The van der Waals surface area contributed by atoms with Gasteiger partial charge in [-0.25, -0.2) is 0 Å². The predicted octanol–water partition coefficient (Wildman–Crippen LogP) is 2.06. The zero-order valence-electron chi connectivity index (χ0n) is 7.77. The molecule has 0 fully saturated rings. The summed E-state index contributed by atoms with van der Waals surface area (Å²) in [7, 11) is 0. The Hall–Kier alpha value is -1.06. The first-order valence-electron chi connectivity index (χ1n) is 4.26. The van der Waals surface area contributed by atoms with Crippen LogP contribution in [0.2, 0.25) is 5.02 Å². The minimum Gasteiger partial charge on any atom is -0.481 e. The van der Waals surface area contributed by atoms with Crippen LogP contribution in [0.25, 0.3) is 0 Å². The van der Waals surface area contributed by atoms with E-state index in [2.05, 4.69) is 0 Å². The van der Waals surface area contributed by atoms with Crippen LogP contribution in [-0.2, 0) is 4.79 Å². The second-order valence-corrected chi connectivity index (χ2v) is 3.64. The number of aliphatic carboxylic acids is 1. The number of rotatable bonds is 3. The molecule has 0 aliphatic rings. The Bertz CT molecular complexity index is 323. The van der Waals surface area contributed by atoms with Crippen LogP contribution in [0.1, 0.15) is 18.5 Å². The average Bonchev–Trinajstić information content (AvgIpc) is 2.16. The van der Waals surface area contributed by atoms with Crippen molar-refractivity contribution in [3.05, 3.63) is 34.9 Å². The van der Waals surface area contributed by atoms with E-state index in [9.17, 15) is 4.79 Å². The molecule has 0 unspecified atom stereocenters. The third kappa shape index (κ3) is 2.47. The van der Waals surface area contributed by atoms with Crippen LogP contribution in [-0.4, -0.2) is 11.1 Å². The average molecular weight is 214 g/mol. The lowest BCUT2D eigenvalue weighted by atomic mass is 9.96. The van der Waals surface area contributed by atoms with Crippen LogP contribution in [0.15, 0.2) is 24.3 Å². The smallest absolute Gasteiger partial charge is 0.308 e. The highest BCUT2D eigenvalue weighted by Gasteiger charge is 2.20. The quantitative estimate of drug-likeness (QED) is 0.808. The Balaban J connectivity index is 2.84. The first-order chi connectivity index (χ1) is 6.52. The fourth-order valence-corrected chi connectivity index (χ4v) is 1.25. The van der Waals surface area contributed by atoms with Gasteiger partial charge in [-0.1, -0.05) is 30.7 Å². The molecular formula is C10H12ClNO2. The third-order valence-corrected chi connectivity index (χ3v) is 2.44. The van der Waals surface area contributed by atoms with Crippen molar-refractivity contribution >= 4 is 17.6 Å². The van der Waals surface area contributed by atoms with Gasteiger partial charge in [0.05, 0.1) is 5.92 Å². The standard InChI is InChI=1S/C10H12ClNO2/c1-6(10(13)14)9(12)7-2-4-8(11)5-3-7/h2-6,9H,12H2,1H3,(H,13,14)/t6-,9-/m1/s1. The summed E-state index contributed by atoms with van der Waals surface area (Å²) >= 11 is 5.70. The van der Waals surface area contributed by atoms with E-state index in [0.717, 1.165) is 5.56 Å². The number of benzene rings is 1. The van der Waals surface area contributed by atoms with Crippen LogP contribution in [0.4, 0.5) is 0 Å². The fraction of sp³-hybridized carbons (Fsp3) is 0.300. The van der Waals surface area contributed by atoms with Gasteiger partial charge in [-0.3, -0.25) is 4.79 Å². The van der Waals surface area contributed by atoms with E-state index >= 15 is 0 Å². The van der Waals surface area contributed by atoms with Crippen LogP contribution >= 0.6 is 11.6 Å². The molecular weight excluding hydrogens is 202 g/mol. The van der Waals surface area contributed by atoms with Crippen molar-refractivity contribution in [2.24, 2.45) is 11.7 Å². The molecule has 3 nitrogen and oxygen atoms in total. The number of halogens is 1. The van der Waals surface area contributed by atoms with E-state index < -0.39 is 17.9 Å². The number of carboxylic acids is 1. The normalized spacial score (nSPS) is 14.8.